The van der Waals surface area contributed by atoms with E-state index in [4.69, 9.17) is 20.2 Å². The molecule has 0 spiro atoms. The molecule has 0 atom stereocenters. The van der Waals surface area contributed by atoms with E-state index in [1.807, 2.05) is 6.92 Å². The van der Waals surface area contributed by atoms with Gasteiger partial charge in [-0.25, -0.2) is 8.42 Å². The Morgan fingerprint density at radius 1 is 1.30 bits per heavy atom. The third-order valence-electron chi connectivity index (χ3n) is 2.51. The summed E-state index contributed by atoms with van der Waals surface area (Å²) in [5.41, 5.74) is 0.135. The largest absolute Gasteiger partial charge is 0.493 e. The fraction of sp³-hybridized carbons (Fsp3) is 0.417. The van der Waals surface area contributed by atoms with Crippen molar-refractivity contribution in [3.8, 4) is 11.5 Å². The number of hydrogen-bond acceptors (Lipinski definition) is 5. The molecular weight excluding hydrogens is 306 g/mol. The zero-order valence-corrected chi connectivity index (χ0v) is 13.0. The van der Waals surface area contributed by atoms with Crippen molar-refractivity contribution in [1.82, 2.24) is 5.32 Å². The van der Waals surface area contributed by atoms with Gasteiger partial charge in [0.15, 0.2) is 11.5 Å². The van der Waals surface area contributed by atoms with Crippen molar-refractivity contribution in [2.45, 2.75) is 18.2 Å². The van der Waals surface area contributed by atoms with Gasteiger partial charge in [0, 0.05) is 22.8 Å². The standard InChI is InChI=1S/C12H16ClNO5S/c1-4-5-14-12(15)8-6-9(18-2)11(19-3)10(7-8)20(13,16)17/h6-7H,4-5H2,1-3H3,(H,14,15). The van der Waals surface area contributed by atoms with Crippen LogP contribution >= 0.6 is 10.7 Å². The first-order valence-corrected chi connectivity index (χ1v) is 8.15. The second-order valence-electron chi connectivity index (χ2n) is 3.90. The van der Waals surface area contributed by atoms with E-state index in [1.165, 1.54) is 20.3 Å². The SMILES string of the molecule is CCCNC(=O)c1cc(OC)c(OC)c(S(=O)(=O)Cl)c1. The molecule has 0 aliphatic rings. The summed E-state index contributed by atoms with van der Waals surface area (Å²) >= 11 is 0. The number of ether oxygens (including phenoxy) is 2. The van der Waals surface area contributed by atoms with Crippen LogP contribution in [0.25, 0.3) is 0 Å². The Hall–Kier alpha value is -1.47. The minimum atomic E-state index is -4.07. The van der Waals surface area contributed by atoms with Crippen molar-refractivity contribution in [2.24, 2.45) is 0 Å². The molecule has 6 nitrogen and oxygen atoms in total. The van der Waals surface area contributed by atoms with Gasteiger partial charge in [0.1, 0.15) is 4.90 Å². The molecule has 0 unspecified atom stereocenters. The summed E-state index contributed by atoms with van der Waals surface area (Å²) in [6, 6.07) is 2.56. The first-order valence-electron chi connectivity index (χ1n) is 5.84. The summed E-state index contributed by atoms with van der Waals surface area (Å²) in [7, 11) is 3.93. The van der Waals surface area contributed by atoms with Gasteiger partial charge in [-0.15, -0.1) is 0 Å². The van der Waals surface area contributed by atoms with Crippen LogP contribution in [0.3, 0.4) is 0 Å². The molecule has 0 aromatic heterocycles. The number of halogens is 1. The fourth-order valence-corrected chi connectivity index (χ4v) is 2.60. The van der Waals surface area contributed by atoms with E-state index in [9.17, 15) is 13.2 Å². The molecule has 0 saturated carbocycles. The molecule has 0 aliphatic carbocycles. The van der Waals surface area contributed by atoms with Gasteiger partial charge in [-0.1, -0.05) is 6.92 Å². The molecule has 0 fully saturated rings. The highest BCUT2D eigenvalue weighted by molar-refractivity contribution is 8.13. The Labute approximate surface area is 122 Å². The van der Waals surface area contributed by atoms with Gasteiger partial charge in [0.05, 0.1) is 14.2 Å². The predicted octanol–water partition coefficient (Wildman–Crippen LogP) is 1.77. The molecule has 1 aromatic rings. The number of hydrogen-bond donors (Lipinski definition) is 1. The van der Waals surface area contributed by atoms with E-state index in [1.54, 1.807) is 0 Å². The van der Waals surface area contributed by atoms with Crippen LogP contribution in [0.1, 0.15) is 23.7 Å². The molecule has 20 heavy (non-hydrogen) atoms. The van der Waals surface area contributed by atoms with Gasteiger partial charge in [-0.2, -0.15) is 0 Å². The molecule has 1 rings (SSSR count). The van der Waals surface area contributed by atoms with E-state index >= 15 is 0 Å². The van der Waals surface area contributed by atoms with Crippen molar-refractivity contribution < 1.29 is 22.7 Å². The van der Waals surface area contributed by atoms with Gasteiger partial charge in [-0.3, -0.25) is 4.79 Å². The quantitative estimate of drug-likeness (QED) is 0.807. The average molecular weight is 322 g/mol. The molecular formula is C12H16ClNO5S. The van der Waals surface area contributed by atoms with E-state index < -0.39 is 15.0 Å². The summed E-state index contributed by atoms with van der Waals surface area (Å²) in [6.45, 7) is 2.39. The lowest BCUT2D eigenvalue weighted by molar-refractivity contribution is 0.0953. The third kappa shape index (κ3) is 3.77. The summed E-state index contributed by atoms with van der Waals surface area (Å²) in [5, 5.41) is 2.64. The zero-order chi connectivity index (χ0) is 15.3. The van der Waals surface area contributed by atoms with E-state index in [0.717, 1.165) is 12.5 Å². The highest BCUT2D eigenvalue weighted by atomic mass is 35.7. The maximum Gasteiger partial charge on any atom is 0.265 e. The molecule has 0 aliphatic heterocycles. The summed E-state index contributed by atoms with van der Waals surface area (Å²) in [6.07, 6.45) is 0.764. The number of benzene rings is 1. The second-order valence-corrected chi connectivity index (χ2v) is 6.44. The first kappa shape index (κ1) is 16.6. The van der Waals surface area contributed by atoms with Crippen molar-refractivity contribution in [1.29, 1.82) is 0 Å². The van der Waals surface area contributed by atoms with Crippen LogP contribution in [0.15, 0.2) is 17.0 Å². The molecule has 0 bridgehead atoms. The number of carbonyl (C=O) groups is 1. The molecule has 1 aromatic carbocycles. The van der Waals surface area contributed by atoms with E-state index in [-0.39, 0.29) is 22.0 Å². The smallest absolute Gasteiger partial charge is 0.265 e. The molecule has 1 amide bonds. The maximum absolute atomic E-state index is 11.9. The minimum Gasteiger partial charge on any atom is -0.493 e. The Morgan fingerprint density at radius 3 is 2.40 bits per heavy atom. The maximum atomic E-state index is 11.9. The van der Waals surface area contributed by atoms with E-state index in [0.29, 0.717) is 6.54 Å². The molecule has 1 N–H and O–H groups in total. The summed E-state index contributed by atoms with van der Waals surface area (Å²) in [4.78, 5) is 11.6. The van der Waals surface area contributed by atoms with Crippen LogP contribution < -0.4 is 14.8 Å². The monoisotopic (exact) mass is 321 g/mol. The normalized spacial score (nSPS) is 11.0. The van der Waals surface area contributed by atoms with Gasteiger partial charge < -0.3 is 14.8 Å². The van der Waals surface area contributed by atoms with Gasteiger partial charge in [0.25, 0.3) is 15.0 Å². The van der Waals surface area contributed by atoms with Crippen LogP contribution in [-0.4, -0.2) is 35.1 Å². The van der Waals surface area contributed by atoms with Crippen LogP contribution in [0.2, 0.25) is 0 Å². The lowest BCUT2D eigenvalue weighted by Gasteiger charge is -2.13. The van der Waals surface area contributed by atoms with Crippen LogP contribution in [0.5, 0.6) is 11.5 Å². The number of nitrogens with one attached hydrogen (secondary N) is 1. The van der Waals surface area contributed by atoms with Gasteiger partial charge in [-0.05, 0) is 18.6 Å². The topological polar surface area (TPSA) is 81.7 Å². The summed E-state index contributed by atoms with van der Waals surface area (Å²) in [5.74, 6) is -0.320. The number of carbonyl (C=O) groups excluding carboxylic acids is 1. The second kappa shape index (κ2) is 6.81. The van der Waals surface area contributed by atoms with Crippen molar-refractivity contribution in [2.75, 3.05) is 20.8 Å². The predicted molar refractivity (Wildman–Crippen MR) is 75.2 cm³/mol. The highest BCUT2D eigenvalue weighted by Gasteiger charge is 2.23. The Kier molecular flexibility index (Phi) is 5.64. The molecule has 0 saturated heterocycles. The first-order chi connectivity index (χ1) is 9.35. The Bertz CT molecular complexity index is 600. The van der Waals surface area contributed by atoms with Gasteiger partial charge >= 0.3 is 0 Å². The lowest BCUT2D eigenvalue weighted by atomic mass is 10.2. The Balaban J connectivity index is 3.40. The molecule has 8 heteroatoms. The van der Waals surface area contributed by atoms with E-state index in [2.05, 4.69) is 5.32 Å². The van der Waals surface area contributed by atoms with Crippen LogP contribution in [0, 0.1) is 0 Å². The van der Waals surface area contributed by atoms with Crippen molar-refractivity contribution >= 4 is 25.6 Å². The molecule has 0 radical (unpaired) electrons. The number of methoxy groups -OCH3 is 2. The fourth-order valence-electron chi connectivity index (χ4n) is 1.58. The highest BCUT2D eigenvalue weighted by Crippen LogP contribution is 2.37. The zero-order valence-electron chi connectivity index (χ0n) is 11.4. The van der Waals surface area contributed by atoms with Crippen LogP contribution in [0.4, 0.5) is 0 Å². The average Bonchev–Trinajstić information content (AvgIpc) is 2.41. The third-order valence-corrected chi connectivity index (χ3v) is 3.83. The van der Waals surface area contributed by atoms with Crippen LogP contribution in [-0.2, 0) is 9.05 Å². The Morgan fingerprint density at radius 2 is 1.95 bits per heavy atom. The van der Waals surface area contributed by atoms with Crippen molar-refractivity contribution in [3.05, 3.63) is 17.7 Å². The molecule has 112 valence electrons. The van der Waals surface area contributed by atoms with Crippen molar-refractivity contribution in [3.63, 3.8) is 0 Å². The summed E-state index contributed by atoms with van der Waals surface area (Å²) < 4.78 is 33.2. The number of amides is 1. The van der Waals surface area contributed by atoms with Gasteiger partial charge in [0.2, 0.25) is 0 Å². The minimum absolute atomic E-state index is 0.0328. The lowest BCUT2D eigenvalue weighted by Crippen LogP contribution is -2.24. The number of rotatable bonds is 6. The molecule has 0 heterocycles.